The number of rotatable bonds is 6. The minimum Gasteiger partial charge on any atom is -0.308 e. The molecule has 2 nitrogen and oxygen atoms in total. The van der Waals surface area contributed by atoms with Gasteiger partial charge in [0.1, 0.15) is 5.01 Å². The van der Waals surface area contributed by atoms with Crippen LogP contribution in [-0.2, 0) is 0 Å². The smallest absolute Gasteiger partial charge is 0.110 e. The van der Waals surface area contributed by atoms with Gasteiger partial charge in [0.15, 0.2) is 0 Å². The Bertz CT molecular complexity index is 350. The topological polar surface area (TPSA) is 24.9 Å². The van der Waals surface area contributed by atoms with Gasteiger partial charge >= 0.3 is 0 Å². The summed E-state index contributed by atoms with van der Waals surface area (Å²) in [6.45, 7) is 14.6. The maximum Gasteiger partial charge on any atom is 0.110 e. The average Bonchev–Trinajstić information content (AvgIpc) is 2.71. The number of nitrogens with one attached hydrogen (secondary N) is 1. The molecule has 1 rings (SSSR count). The summed E-state index contributed by atoms with van der Waals surface area (Å²) in [4.78, 5) is 4.80. The Kier molecular flexibility index (Phi) is 5.80. The maximum atomic E-state index is 4.80. The highest BCUT2D eigenvalue weighted by Crippen LogP contribution is 2.32. The predicted molar refractivity (Wildman–Crippen MR) is 81.3 cm³/mol. The van der Waals surface area contributed by atoms with E-state index < -0.39 is 0 Å². The summed E-state index contributed by atoms with van der Waals surface area (Å²) >= 11 is 1.80. The van der Waals surface area contributed by atoms with Crippen LogP contribution in [0.2, 0.25) is 0 Å². The lowest BCUT2D eigenvalue weighted by atomic mass is 9.88. The Hall–Kier alpha value is -0.410. The Morgan fingerprint density at radius 1 is 1.33 bits per heavy atom. The van der Waals surface area contributed by atoms with Crippen molar-refractivity contribution in [2.24, 2.45) is 5.41 Å². The fourth-order valence-electron chi connectivity index (χ4n) is 1.90. The summed E-state index contributed by atoms with van der Waals surface area (Å²) in [5.41, 5.74) is 1.56. The molecule has 0 fully saturated rings. The molecular weight excluding hydrogens is 240 g/mol. The average molecular weight is 268 g/mol. The molecule has 1 N–H and O–H groups in total. The van der Waals surface area contributed by atoms with Gasteiger partial charge in [0.25, 0.3) is 0 Å². The first kappa shape index (κ1) is 15.6. The second-order valence-electron chi connectivity index (χ2n) is 6.54. The van der Waals surface area contributed by atoms with Crippen LogP contribution < -0.4 is 5.32 Å². The zero-order valence-electron chi connectivity index (χ0n) is 12.7. The molecule has 0 bridgehead atoms. The van der Waals surface area contributed by atoms with Gasteiger partial charge in [-0.05, 0) is 30.7 Å². The number of hydrogen-bond acceptors (Lipinski definition) is 3. The van der Waals surface area contributed by atoms with Crippen molar-refractivity contribution in [2.45, 2.75) is 66.3 Å². The normalized spacial score (nSPS) is 14.2. The van der Waals surface area contributed by atoms with E-state index in [9.17, 15) is 0 Å². The van der Waals surface area contributed by atoms with Gasteiger partial charge in [-0.2, -0.15) is 0 Å². The van der Waals surface area contributed by atoms with Crippen molar-refractivity contribution in [3.63, 3.8) is 0 Å². The maximum absolute atomic E-state index is 4.80. The van der Waals surface area contributed by atoms with Crippen molar-refractivity contribution in [1.82, 2.24) is 10.3 Å². The van der Waals surface area contributed by atoms with E-state index in [1.807, 2.05) is 0 Å². The predicted octanol–water partition coefficient (Wildman–Crippen LogP) is 4.74. The molecule has 0 aliphatic carbocycles. The molecule has 0 saturated heterocycles. The highest BCUT2D eigenvalue weighted by molar-refractivity contribution is 7.09. The molecule has 1 atom stereocenters. The third-order valence-electron chi connectivity index (χ3n) is 2.89. The molecule has 1 heterocycles. The molecule has 0 aromatic carbocycles. The Balaban J connectivity index is 2.80. The molecule has 18 heavy (non-hydrogen) atoms. The van der Waals surface area contributed by atoms with Crippen LogP contribution in [0.4, 0.5) is 0 Å². The summed E-state index contributed by atoms with van der Waals surface area (Å²) < 4.78 is 0. The van der Waals surface area contributed by atoms with Crippen LogP contribution in [0.3, 0.4) is 0 Å². The lowest BCUT2D eigenvalue weighted by Gasteiger charge is -2.25. The first-order valence-corrected chi connectivity index (χ1v) is 7.90. The Morgan fingerprint density at radius 3 is 2.44 bits per heavy atom. The molecule has 0 aliphatic rings. The van der Waals surface area contributed by atoms with Crippen molar-refractivity contribution < 1.29 is 0 Å². The number of hydrogen-bond donors (Lipinski definition) is 1. The third-order valence-corrected chi connectivity index (χ3v) is 3.86. The molecular formula is C15H28N2S. The molecule has 1 aromatic rings. The van der Waals surface area contributed by atoms with Crippen LogP contribution in [-0.4, -0.2) is 11.5 Å². The Morgan fingerprint density at radius 2 is 2.00 bits per heavy atom. The van der Waals surface area contributed by atoms with Gasteiger partial charge < -0.3 is 5.32 Å². The van der Waals surface area contributed by atoms with Crippen LogP contribution in [0, 0.1) is 5.41 Å². The van der Waals surface area contributed by atoms with E-state index in [1.54, 1.807) is 11.3 Å². The fraction of sp³-hybridized carbons (Fsp3) is 0.800. The lowest BCUT2D eigenvalue weighted by molar-refractivity contribution is 0.311. The minimum atomic E-state index is 0.328. The summed E-state index contributed by atoms with van der Waals surface area (Å²) in [7, 11) is 0. The zero-order valence-corrected chi connectivity index (χ0v) is 13.5. The number of nitrogens with zero attached hydrogens (tertiary/aromatic N) is 1. The van der Waals surface area contributed by atoms with Crippen molar-refractivity contribution in [3.05, 3.63) is 16.1 Å². The molecule has 0 radical (unpaired) electrons. The van der Waals surface area contributed by atoms with Gasteiger partial charge in [-0.1, -0.05) is 41.5 Å². The van der Waals surface area contributed by atoms with Gasteiger partial charge in [0.05, 0.1) is 11.7 Å². The van der Waals surface area contributed by atoms with E-state index in [0.717, 1.165) is 13.0 Å². The number of thiazole rings is 1. The minimum absolute atomic E-state index is 0.328. The van der Waals surface area contributed by atoms with E-state index in [1.165, 1.54) is 17.1 Å². The molecule has 1 aromatic heterocycles. The SMILES string of the molecule is CCCNC(CC(C)(C)C)c1nc(C(C)C)cs1. The largest absolute Gasteiger partial charge is 0.308 e. The summed E-state index contributed by atoms with van der Waals surface area (Å²) in [6.07, 6.45) is 2.31. The molecule has 1 unspecified atom stereocenters. The highest BCUT2D eigenvalue weighted by atomic mass is 32.1. The van der Waals surface area contributed by atoms with Crippen molar-refractivity contribution >= 4 is 11.3 Å². The van der Waals surface area contributed by atoms with Crippen LogP contribution in [0.15, 0.2) is 5.38 Å². The number of aromatic nitrogens is 1. The van der Waals surface area contributed by atoms with Gasteiger partial charge in [0, 0.05) is 5.38 Å². The standard InChI is InChI=1S/C15H28N2S/c1-7-8-16-12(9-15(4,5)6)14-17-13(10-18-14)11(2)3/h10-12,16H,7-9H2,1-6H3. The Labute approximate surface area is 116 Å². The van der Waals surface area contributed by atoms with E-state index >= 15 is 0 Å². The van der Waals surface area contributed by atoms with E-state index in [4.69, 9.17) is 4.98 Å². The third kappa shape index (κ3) is 5.07. The molecule has 3 heteroatoms. The monoisotopic (exact) mass is 268 g/mol. The van der Waals surface area contributed by atoms with Gasteiger partial charge in [-0.3, -0.25) is 0 Å². The highest BCUT2D eigenvalue weighted by Gasteiger charge is 2.22. The molecule has 104 valence electrons. The van der Waals surface area contributed by atoms with Crippen LogP contribution >= 0.6 is 11.3 Å². The van der Waals surface area contributed by atoms with Crippen molar-refractivity contribution in [1.29, 1.82) is 0 Å². The second kappa shape index (κ2) is 6.67. The summed E-state index contributed by atoms with van der Waals surface area (Å²) in [5.74, 6) is 0.525. The second-order valence-corrected chi connectivity index (χ2v) is 7.43. The first-order chi connectivity index (χ1) is 8.33. The molecule has 0 saturated carbocycles. The van der Waals surface area contributed by atoms with E-state index in [0.29, 0.717) is 17.4 Å². The van der Waals surface area contributed by atoms with E-state index in [2.05, 4.69) is 52.2 Å². The van der Waals surface area contributed by atoms with Gasteiger partial charge in [0.2, 0.25) is 0 Å². The van der Waals surface area contributed by atoms with E-state index in [-0.39, 0.29) is 0 Å². The van der Waals surface area contributed by atoms with Gasteiger partial charge in [-0.25, -0.2) is 4.98 Å². The quantitative estimate of drug-likeness (QED) is 0.806. The lowest BCUT2D eigenvalue weighted by Crippen LogP contribution is -2.26. The fourth-order valence-corrected chi connectivity index (χ4v) is 2.96. The van der Waals surface area contributed by atoms with Gasteiger partial charge in [-0.15, -0.1) is 11.3 Å². The summed E-state index contributed by atoms with van der Waals surface area (Å²) in [5, 5.41) is 7.11. The van der Waals surface area contributed by atoms with Crippen LogP contribution in [0.25, 0.3) is 0 Å². The first-order valence-electron chi connectivity index (χ1n) is 7.02. The van der Waals surface area contributed by atoms with Crippen LogP contribution in [0.1, 0.15) is 77.0 Å². The van der Waals surface area contributed by atoms with Crippen molar-refractivity contribution in [2.75, 3.05) is 6.54 Å². The summed E-state index contributed by atoms with van der Waals surface area (Å²) in [6, 6.07) is 0.405. The molecule has 0 amide bonds. The zero-order chi connectivity index (χ0) is 13.8. The molecule has 0 spiro atoms. The van der Waals surface area contributed by atoms with Crippen LogP contribution in [0.5, 0.6) is 0 Å². The molecule has 0 aliphatic heterocycles. The van der Waals surface area contributed by atoms with Crippen molar-refractivity contribution in [3.8, 4) is 0 Å².